The minimum absolute atomic E-state index is 0.309. The van der Waals surface area contributed by atoms with Crippen molar-refractivity contribution in [1.29, 1.82) is 0 Å². The standard InChI is InChI=1S/C39H66N2O3/c1-3-5-7-9-11-13-15-17-19-21-23-28-32-43-38(42)37-34-40-39(41(37)35-36-30-26-25-27-31-36)44-33-29-24-22-20-18-16-14-12-10-8-6-4-2/h25-27,30-31,34H,3-24,28-29,32-33,35H2,1-2H3. The van der Waals surface area contributed by atoms with E-state index in [9.17, 15) is 4.79 Å². The molecule has 0 saturated heterocycles. The summed E-state index contributed by atoms with van der Waals surface area (Å²) in [5.41, 5.74) is 1.58. The van der Waals surface area contributed by atoms with Gasteiger partial charge in [0, 0.05) is 0 Å². The smallest absolute Gasteiger partial charge is 0.356 e. The number of carbonyl (C=O) groups is 1. The number of esters is 1. The Morgan fingerprint density at radius 1 is 0.591 bits per heavy atom. The fraction of sp³-hybridized carbons (Fsp3) is 0.744. The molecule has 0 fully saturated rings. The van der Waals surface area contributed by atoms with Crippen LogP contribution in [0.15, 0.2) is 36.5 Å². The Kier molecular flexibility index (Phi) is 23.3. The van der Waals surface area contributed by atoms with Gasteiger partial charge in [-0.15, -0.1) is 0 Å². The highest BCUT2D eigenvalue weighted by atomic mass is 16.5. The average Bonchev–Trinajstić information content (AvgIpc) is 3.44. The van der Waals surface area contributed by atoms with Gasteiger partial charge in [-0.3, -0.25) is 4.57 Å². The molecule has 0 spiro atoms. The topological polar surface area (TPSA) is 53.4 Å². The predicted molar refractivity (Wildman–Crippen MR) is 186 cm³/mol. The first-order chi connectivity index (χ1) is 21.8. The molecule has 1 aromatic heterocycles. The first-order valence-electron chi connectivity index (χ1n) is 18.7. The van der Waals surface area contributed by atoms with Crippen molar-refractivity contribution in [3.05, 3.63) is 47.8 Å². The second-order valence-corrected chi connectivity index (χ2v) is 12.8. The van der Waals surface area contributed by atoms with Crippen LogP contribution in [0, 0.1) is 0 Å². The zero-order valence-electron chi connectivity index (χ0n) is 28.7. The Labute approximate surface area is 270 Å². The summed E-state index contributed by atoms with van der Waals surface area (Å²) in [5, 5.41) is 0. The predicted octanol–water partition coefficient (Wildman–Crippen LogP) is 11.9. The monoisotopic (exact) mass is 611 g/mol. The van der Waals surface area contributed by atoms with Crippen molar-refractivity contribution in [2.24, 2.45) is 0 Å². The number of benzene rings is 1. The lowest BCUT2D eigenvalue weighted by Gasteiger charge is -2.12. The molecule has 0 aliphatic rings. The number of nitrogens with zero attached hydrogens (tertiary/aromatic N) is 2. The molecule has 2 rings (SSSR count). The van der Waals surface area contributed by atoms with Gasteiger partial charge in [0.25, 0.3) is 6.01 Å². The van der Waals surface area contributed by atoms with Crippen molar-refractivity contribution in [3.63, 3.8) is 0 Å². The van der Waals surface area contributed by atoms with Crippen LogP contribution in [0.2, 0.25) is 0 Å². The first kappa shape index (κ1) is 37.9. The Morgan fingerprint density at radius 3 is 1.50 bits per heavy atom. The molecule has 5 heteroatoms. The maximum Gasteiger partial charge on any atom is 0.356 e. The van der Waals surface area contributed by atoms with Crippen molar-refractivity contribution in [2.45, 2.75) is 174 Å². The highest BCUT2D eigenvalue weighted by molar-refractivity contribution is 5.87. The summed E-state index contributed by atoms with van der Waals surface area (Å²) in [6.45, 7) is 6.17. The maximum absolute atomic E-state index is 13.0. The van der Waals surface area contributed by atoms with E-state index >= 15 is 0 Å². The zero-order valence-corrected chi connectivity index (χ0v) is 28.7. The third kappa shape index (κ3) is 18.5. The summed E-state index contributed by atoms with van der Waals surface area (Å²) in [6.07, 6.45) is 32.9. The van der Waals surface area contributed by atoms with E-state index in [0.29, 0.717) is 31.5 Å². The molecular formula is C39H66N2O3. The Bertz CT molecular complexity index is 927. The van der Waals surface area contributed by atoms with Gasteiger partial charge in [0.15, 0.2) is 5.69 Å². The summed E-state index contributed by atoms with van der Waals surface area (Å²) < 4.78 is 13.7. The van der Waals surface area contributed by atoms with Crippen LogP contribution in [0.3, 0.4) is 0 Å². The second kappa shape index (κ2) is 27.0. The van der Waals surface area contributed by atoms with Gasteiger partial charge in [0.05, 0.1) is 26.0 Å². The first-order valence-corrected chi connectivity index (χ1v) is 18.7. The van der Waals surface area contributed by atoms with Crippen molar-refractivity contribution < 1.29 is 14.3 Å². The molecule has 0 amide bonds. The molecule has 2 aromatic rings. The third-order valence-corrected chi connectivity index (χ3v) is 8.67. The number of ether oxygens (including phenoxy) is 2. The lowest BCUT2D eigenvalue weighted by molar-refractivity contribution is 0.0484. The van der Waals surface area contributed by atoms with Crippen molar-refractivity contribution in [2.75, 3.05) is 13.2 Å². The molecule has 1 heterocycles. The minimum atomic E-state index is -0.309. The number of rotatable bonds is 30. The van der Waals surface area contributed by atoms with Crippen LogP contribution in [-0.4, -0.2) is 28.7 Å². The van der Waals surface area contributed by atoms with Gasteiger partial charge in [-0.25, -0.2) is 9.78 Å². The number of imidazole rings is 1. The molecule has 0 unspecified atom stereocenters. The Balaban J connectivity index is 1.64. The van der Waals surface area contributed by atoms with E-state index in [1.165, 1.54) is 135 Å². The van der Waals surface area contributed by atoms with Crippen LogP contribution >= 0.6 is 0 Å². The van der Waals surface area contributed by atoms with Gasteiger partial charge in [0.2, 0.25) is 0 Å². The fourth-order valence-corrected chi connectivity index (χ4v) is 5.84. The van der Waals surface area contributed by atoms with Crippen molar-refractivity contribution >= 4 is 5.97 Å². The summed E-state index contributed by atoms with van der Waals surface area (Å²) in [7, 11) is 0. The van der Waals surface area contributed by atoms with Crippen LogP contribution in [-0.2, 0) is 11.3 Å². The largest absolute Gasteiger partial charge is 0.465 e. The average molecular weight is 611 g/mol. The highest BCUT2D eigenvalue weighted by Crippen LogP contribution is 2.19. The molecular weight excluding hydrogens is 544 g/mol. The summed E-state index contributed by atoms with van der Waals surface area (Å²) in [5.74, 6) is -0.309. The third-order valence-electron chi connectivity index (χ3n) is 8.67. The number of aromatic nitrogens is 2. The summed E-state index contributed by atoms with van der Waals surface area (Å²) in [6, 6.07) is 10.7. The molecule has 0 saturated carbocycles. The van der Waals surface area contributed by atoms with Gasteiger partial charge in [-0.05, 0) is 18.4 Å². The molecule has 44 heavy (non-hydrogen) atoms. The molecule has 1 aromatic carbocycles. The molecule has 0 aliphatic heterocycles. The van der Waals surface area contributed by atoms with Crippen LogP contribution in [0.25, 0.3) is 0 Å². The van der Waals surface area contributed by atoms with Gasteiger partial charge in [0.1, 0.15) is 0 Å². The normalized spacial score (nSPS) is 11.2. The molecule has 250 valence electrons. The molecule has 0 N–H and O–H groups in total. The number of unbranched alkanes of at least 4 members (excludes halogenated alkanes) is 22. The van der Waals surface area contributed by atoms with E-state index < -0.39 is 0 Å². The molecule has 5 nitrogen and oxygen atoms in total. The zero-order chi connectivity index (χ0) is 31.3. The quantitative estimate of drug-likeness (QED) is 0.0652. The van der Waals surface area contributed by atoms with E-state index in [1.807, 2.05) is 22.8 Å². The lowest BCUT2D eigenvalue weighted by Crippen LogP contribution is -2.15. The number of hydrogen-bond donors (Lipinski definition) is 0. The summed E-state index contributed by atoms with van der Waals surface area (Å²) in [4.78, 5) is 17.5. The molecule has 0 aliphatic carbocycles. The van der Waals surface area contributed by atoms with Gasteiger partial charge >= 0.3 is 5.97 Å². The Morgan fingerprint density at radius 2 is 1.02 bits per heavy atom. The van der Waals surface area contributed by atoms with E-state index in [-0.39, 0.29) is 5.97 Å². The van der Waals surface area contributed by atoms with Crippen LogP contribution < -0.4 is 4.74 Å². The van der Waals surface area contributed by atoms with Crippen molar-refractivity contribution in [3.8, 4) is 6.01 Å². The second-order valence-electron chi connectivity index (χ2n) is 12.8. The Hall–Kier alpha value is -2.30. The molecule has 0 atom stereocenters. The number of carbonyl (C=O) groups excluding carboxylic acids is 1. The van der Waals surface area contributed by atoms with Crippen LogP contribution in [0.5, 0.6) is 6.01 Å². The minimum Gasteiger partial charge on any atom is -0.465 e. The van der Waals surface area contributed by atoms with E-state index in [0.717, 1.165) is 24.8 Å². The number of hydrogen-bond acceptors (Lipinski definition) is 4. The van der Waals surface area contributed by atoms with Crippen LogP contribution in [0.1, 0.15) is 184 Å². The van der Waals surface area contributed by atoms with Crippen molar-refractivity contribution in [1.82, 2.24) is 9.55 Å². The summed E-state index contributed by atoms with van der Waals surface area (Å²) >= 11 is 0. The van der Waals surface area contributed by atoms with Gasteiger partial charge in [-0.1, -0.05) is 185 Å². The van der Waals surface area contributed by atoms with E-state index in [4.69, 9.17) is 9.47 Å². The maximum atomic E-state index is 13.0. The fourth-order valence-electron chi connectivity index (χ4n) is 5.84. The SMILES string of the molecule is CCCCCCCCCCCCCCOC(=O)c1cnc(OCCCCCCCCCCCCCC)n1Cc1ccccc1. The van der Waals surface area contributed by atoms with E-state index in [1.54, 1.807) is 6.20 Å². The van der Waals surface area contributed by atoms with Crippen LogP contribution in [0.4, 0.5) is 0 Å². The molecule has 0 bridgehead atoms. The van der Waals surface area contributed by atoms with E-state index in [2.05, 4.69) is 31.0 Å². The van der Waals surface area contributed by atoms with Gasteiger partial charge in [-0.2, -0.15) is 0 Å². The van der Waals surface area contributed by atoms with Gasteiger partial charge < -0.3 is 9.47 Å². The lowest BCUT2D eigenvalue weighted by atomic mass is 10.1. The highest BCUT2D eigenvalue weighted by Gasteiger charge is 2.19. The molecule has 0 radical (unpaired) electrons.